The van der Waals surface area contributed by atoms with E-state index in [1.54, 1.807) is 0 Å². The molecule has 3 nitrogen and oxygen atoms in total. The van der Waals surface area contributed by atoms with E-state index in [-0.39, 0.29) is 5.92 Å². The molecule has 0 radical (unpaired) electrons. The molecule has 110 valence electrons. The van der Waals surface area contributed by atoms with Gasteiger partial charge in [-0.2, -0.15) is 0 Å². The Hall–Kier alpha value is -1.00. The van der Waals surface area contributed by atoms with Crippen LogP contribution >= 0.6 is 11.8 Å². The van der Waals surface area contributed by atoms with Crippen LogP contribution in [0.15, 0.2) is 29.2 Å². The number of benzene rings is 1. The second-order valence-electron chi connectivity index (χ2n) is 5.65. The molecule has 1 aliphatic heterocycles. The van der Waals surface area contributed by atoms with Crippen LogP contribution in [0.5, 0.6) is 0 Å². The third kappa shape index (κ3) is 4.25. The van der Waals surface area contributed by atoms with E-state index in [2.05, 4.69) is 43.0 Å². The lowest BCUT2D eigenvalue weighted by atomic mass is 9.90. The van der Waals surface area contributed by atoms with Crippen molar-refractivity contribution in [2.45, 2.75) is 31.7 Å². The van der Waals surface area contributed by atoms with Gasteiger partial charge in [0.25, 0.3) is 0 Å². The first-order chi connectivity index (χ1) is 9.58. The fourth-order valence-corrected chi connectivity index (χ4v) is 3.67. The minimum Gasteiger partial charge on any atom is -0.481 e. The molecular weight excluding hydrogens is 270 g/mol. The fraction of sp³-hybridized carbons (Fsp3) is 0.562. The molecule has 1 aromatic rings. The summed E-state index contributed by atoms with van der Waals surface area (Å²) in [6.45, 7) is 6.82. The summed E-state index contributed by atoms with van der Waals surface area (Å²) in [5.74, 6) is 0.660. The maximum atomic E-state index is 11.2. The minimum absolute atomic E-state index is 0.216. The van der Waals surface area contributed by atoms with Crippen molar-refractivity contribution >= 4 is 17.7 Å². The minimum atomic E-state index is -0.656. The number of likely N-dealkylation sites (tertiary alicyclic amines) is 1. The van der Waals surface area contributed by atoms with Gasteiger partial charge in [0, 0.05) is 24.5 Å². The van der Waals surface area contributed by atoms with Gasteiger partial charge in [-0.05, 0) is 35.8 Å². The van der Waals surface area contributed by atoms with Crippen LogP contribution in [0.2, 0.25) is 0 Å². The predicted molar refractivity (Wildman–Crippen MR) is 83.0 cm³/mol. The Kier molecular flexibility index (Phi) is 5.49. The van der Waals surface area contributed by atoms with Crippen molar-refractivity contribution in [3.05, 3.63) is 29.8 Å². The number of nitrogens with zero attached hydrogens (tertiary/aromatic N) is 1. The van der Waals surface area contributed by atoms with Crippen molar-refractivity contribution in [1.29, 1.82) is 0 Å². The molecule has 2 unspecified atom stereocenters. The molecule has 0 aromatic heterocycles. The number of hydrogen-bond donors (Lipinski definition) is 1. The molecule has 1 N–H and O–H groups in total. The average Bonchev–Trinajstić information content (AvgIpc) is 2.38. The van der Waals surface area contributed by atoms with Crippen molar-refractivity contribution in [3.8, 4) is 0 Å². The molecule has 0 spiro atoms. The van der Waals surface area contributed by atoms with Crippen LogP contribution in [-0.2, 0) is 11.3 Å². The van der Waals surface area contributed by atoms with E-state index in [4.69, 9.17) is 0 Å². The van der Waals surface area contributed by atoms with Crippen LogP contribution in [0.4, 0.5) is 0 Å². The molecule has 4 heteroatoms. The third-order valence-corrected chi connectivity index (χ3v) is 4.58. The zero-order chi connectivity index (χ0) is 14.5. The maximum Gasteiger partial charge on any atom is 0.307 e. The number of carboxylic acids is 1. The van der Waals surface area contributed by atoms with E-state index in [0.717, 1.165) is 25.3 Å². The molecule has 1 heterocycles. The highest BCUT2D eigenvalue weighted by Gasteiger charge is 2.29. The van der Waals surface area contributed by atoms with Gasteiger partial charge in [-0.3, -0.25) is 9.69 Å². The largest absolute Gasteiger partial charge is 0.481 e. The van der Waals surface area contributed by atoms with Gasteiger partial charge < -0.3 is 5.11 Å². The van der Waals surface area contributed by atoms with Crippen LogP contribution in [-0.4, -0.2) is 34.8 Å². The lowest BCUT2D eigenvalue weighted by Gasteiger charge is -2.34. The summed E-state index contributed by atoms with van der Waals surface area (Å²) in [6.07, 6.45) is 0.803. The zero-order valence-corrected chi connectivity index (χ0v) is 13.0. The Morgan fingerprint density at radius 3 is 2.95 bits per heavy atom. The van der Waals surface area contributed by atoms with Gasteiger partial charge in [-0.15, -0.1) is 11.8 Å². The van der Waals surface area contributed by atoms with Crippen LogP contribution in [0, 0.1) is 11.8 Å². The number of hydrogen-bond acceptors (Lipinski definition) is 3. The monoisotopic (exact) mass is 293 g/mol. The summed E-state index contributed by atoms with van der Waals surface area (Å²) in [5.41, 5.74) is 1.28. The standard InChI is InChI=1S/C16H23NO2S/c1-3-20-15-6-4-5-13(8-15)10-17-9-12(2)7-14(11-17)16(18)19/h4-6,8,12,14H,3,7,9-11H2,1-2H3,(H,18,19). The molecule has 2 atom stereocenters. The van der Waals surface area contributed by atoms with Crippen LogP contribution in [0.3, 0.4) is 0 Å². The number of aliphatic carboxylic acids is 1. The molecule has 1 fully saturated rings. The molecule has 0 amide bonds. The van der Waals surface area contributed by atoms with Crippen LogP contribution < -0.4 is 0 Å². The van der Waals surface area contributed by atoms with Crippen molar-refractivity contribution in [1.82, 2.24) is 4.90 Å². The van der Waals surface area contributed by atoms with Crippen LogP contribution in [0.25, 0.3) is 0 Å². The molecule has 2 rings (SSSR count). The number of piperidine rings is 1. The molecule has 20 heavy (non-hydrogen) atoms. The molecule has 0 aliphatic carbocycles. The molecule has 0 saturated carbocycles. The summed E-state index contributed by atoms with van der Waals surface area (Å²) in [7, 11) is 0. The lowest BCUT2D eigenvalue weighted by molar-refractivity contribution is -0.144. The van der Waals surface area contributed by atoms with Crippen molar-refractivity contribution in [2.75, 3.05) is 18.8 Å². The Morgan fingerprint density at radius 2 is 2.25 bits per heavy atom. The molecule has 0 bridgehead atoms. The second-order valence-corrected chi connectivity index (χ2v) is 6.99. The molecule has 1 aliphatic rings. The normalized spacial score (nSPS) is 23.7. The van der Waals surface area contributed by atoms with Gasteiger partial charge >= 0.3 is 5.97 Å². The third-order valence-electron chi connectivity index (χ3n) is 3.70. The average molecular weight is 293 g/mol. The number of carboxylic acid groups (broad SMARTS) is 1. The fourth-order valence-electron chi connectivity index (χ4n) is 2.93. The van der Waals surface area contributed by atoms with Crippen molar-refractivity contribution in [2.24, 2.45) is 11.8 Å². The van der Waals surface area contributed by atoms with E-state index >= 15 is 0 Å². The summed E-state index contributed by atoms with van der Waals surface area (Å²) < 4.78 is 0. The molecule has 1 saturated heterocycles. The van der Waals surface area contributed by atoms with Gasteiger partial charge in [0.05, 0.1) is 5.92 Å². The SMILES string of the molecule is CCSc1cccc(CN2CC(C)CC(C(=O)O)C2)c1. The second kappa shape index (κ2) is 7.14. The highest BCUT2D eigenvalue weighted by molar-refractivity contribution is 7.99. The van der Waals surface area contributed by atoms with Crippen LogP contribution in [0.1, 0.15) is 25.8 Å². The Morgan fingerprint density at radius 1 is 1.45 bits per heavy atom. The molecule has 1 aromatic carbocycles. The smallest absolute Gasteiger partial charge is 0.307 e. The van der Waals surface area contributed by atoms with E-state index in [1.807, 2.05) is 11.8 Å². The summed E-state index contributed by atoms with van der Waals surface area (Å²) >= 11 is 1.84. The van der Waals surface area contributed by atoms with Gasteiger partial charge in [-0.1, -0.05) is 26.0 Å². The topological polar surface area (TPSA) is 40.5 Å². The highest BCUT2D eigenvalue weighted by atomic mass is 32.2. The number of carbonyl (C=O) groups is 1. The van der Waals surface area contributed by atoms with E-state index in [1.165, 1.54) is 10.5 Å². The first-order valence-electron chi connectivity index (χ1n) is 7.25. The maximum absolute atomic E-state index is 11.2. The Bertz CT molecular complexity index is 464. The van der Waals surface area contributed by atoms with Crippen molar-refractivity contribution < 1.29 is 9.90 Å². The van der Waals surface area contributed by atoms with E-state index < -0.39 is 5.97 Å². The number of thioether (sulfide) groups is 1. The summed E-state index contributed by atoms with van der Waals surface area (Å²) in [6, 6.07) is 8.59. The van der Waals surface area contributed by atoms with Gasteiger partial charge in [0.2, 0.25) is 0 Å². The van der Waals surface area contributed by atoms with E-state index in [9.17, 15) is 9.90 Å². The summed E-state index contributed by atoms with van der Waals surface area (Å²) in [4.78, 5) is 14.8. The predicted octanol–water partition coefficient (Wildman–Crippen LogP) is 3.34. The van der Waals surface area contributed by atoms with Crippen molar-refractivity contribution in [3.63, 3.8) is 0 Å². The number of rotatable bonds is 5. The first-order valence-corrected chi connectivity index (χ1v) is 8.24. The van der Waals surface area contributed by atoms with Gasteiger partial charge in [0.1, 0.15) is 0 Å². The first kappa shape index (κ1) is 15.4. The summed E-state index contributed by atoms with van der Waals surface area (Å²) in [5, 5.41) is 9.22. The molecular formula is C16H23NO2S. The Balaban J connectivity index is 2.01. The zero-order valence-electron chi connectivity index (χ0n) is 12.2. The Labute approximate surface area is 125 Å². The highest BCUT2D eigenvalue weighted by Crippen LogP contribution is 2.24. The lowest BCUT2D eigenvalue weighted by Crippen LogP contribution is -2.41. The van der Waals surface area contributed by atoms with Gasteiger partial charge in [0.15, 0.2) is 0 Å². The quantitative estimate of drug-likeness (QED) is 0.845. The van der Waals surface area contributed by atoms with Gasteiger partial charge in [-0.25, -0.2) is 0 Å². The van der Waals surface area contributed by atoms with E-state index in [0.29, 0.717) is 12.5 Å².